The maximum Gasteiger partial charge on any atom is 0.227 e. The zero-order valence-electron chi connectivity index (χ0n) is 10.6. The van der Waals surface area contributed by atoms with Gasteiger partial charge in [-0.05, 0) is 52.2 Å². The van der Waals surface area contributed by atoms with E-state index in [9.17, 15) is 5.11 Å². The highest BCUT2D eigenvalue weighted by atomic mass is 127. The molecule has 100 valence electrons. The number of hydrogen-bond donors (Lipinski definition) is 1. The highest BCUT2D eigenvalue weighted by molar-refractivity contribution is 14.1. The smallest absolute Gasteiger partial charge is 0.227 e. The number of benzene rings is 2. The van der Waals surface area contributed by atoms with Crippen LogP contribution in [0.15, 0.2) is 54.7 Å². The number of fused-ring (bicyclic) bond motifs is 1. The quantitative estimate of drug-likeness (QED) is 0.699. The lowest BCUT2D eigenvalue weighted by Gasteiger charge is -2.10. The third kappa shape index (κ3) is 2.62. The Labute approximate surface area is 130 Å². The molecule has 3 rings (SSSR count). The predicted octanol–water partition coefficient (Wildman–Crippen LogP) is 4.12. The molecule has 0 bridgehead atoms. The summed E-state index contributed by atoms with van der Waals surface area (Å²) in [7, 11) is 0. The average molecular weight is 377 g/mol. The summed E-state index contributed by atoms with van der Waals surface area (Å²) in [6, 6.07) is 15.6. The number of hydrogen-bond acceptors (Lipinski definition) is 3. The predicted molar refractivity (Wildman–Crippen MR) is 86.9 cm³/mol. The van der Waals surface area contributed by atoms with Gasteiger partial charge >= 0.3 is 0 Å². The van der Waals surface area contributed by atoms with E-state index in [1.54, 1.807) is 6.20 Å². The minimum absolute atomic E-state index is 0.0307. The van der Waals surface area contributed by atoms with E-state index in [4.69, 9.17) is 4.74 Å². The lowest BCUT2D eigenvalue weighted by Crippen LogP contribution is -1.94. The topological polar surface area (TPSA) is 42.4 Å². The Balaban J connectivity index is 2.08. The molecule has 0 amide bonds. The van der Waals surface area contributed by atoms with Crippen molar-refractivity contribution in [3.05, 3.63) is 63.9 Å². The molecule has 1 N–H and O–H groups in total. The van der Waals surface area contributed by atoms with Gasteiger partial charge in [-0.25, -0.2) is 4.98 Å². The van der Waals surface area contributed by atoms with Gasteiger partial charge in [-0.2, -0.15) is 0 Å². The van der Waals surface area contributed by atoms with E-state index < -0.39 is 0 Å². The first-order valence-electron chi connectivity index (χ1n) is 6.19. The van der Waals surface area contributed by atoms with Crippen LogP contribution < -0.4 is 4.74 Å². The van der Waals surface area contributed by atoms with Crippen LogP contribution in [-0.4, -0.2) is 10.1 Å². The monoisotopic (exact) mass is 377 g/mol. The summed E-state index contributed by atoms with van der Waals surface area (Å²) in [5.41, 5.74) is 0.801. The molecule has 0 aliphatic rings. The molecule has 0 aliphatic carbocycles. The van der Waals surface area contributed by atoms with Crippen molar-refractivity contribution < 1.29 is 9.84 Å². The summed E-state index contributed by atoms with van der Waals surface area (Å²) >= 11 is 2.24. The van der Waals surface area contributed by atoms with Crippen molar-refractivity contribution in [1.29, 1.82) is 0 Å². The van der Waals surface area contributed by atoms with E-state index in [1.165, 1.54) is 0 Å². The number of nitrogens with zero attached hydrogens (tertiary/aromatic N) is 1. The van der Waals surface area contributed by atoms with Crippen molar-refractivity contribution in [2.45, 2.75) is 6.61 Å². The molecule has 0 atom stereocenters. The van der Waals surface area contributed by atoms with Crippen LogP contribution in [0, 0.1) is 3.57 Å². The highest BCUT2D eigenvalue weighted by Gasteiger charge is 2.08. The number of aromatic nitrogens is 1. The Morgan fingerprint density at radius 1 is 1.05 bits per heavy atom. The fourth-order valence-corrected chi connectivity index (χ4v) is 2.59. The molecule has 4 heteroatoms. The summed E-state index contributed by atoms with van der Waals surface area (Å²) in [4.78, 5) is 4.32. The average Bonchev–Trinajstić information content (AvgIpc) is 2.48. The standard InChI is InChI=1S/C16H12INO2/c17-12-4-3-5-13(8-12)20-16-15-7-2-1-6-14(15)11(10-19)9-18-16/h1-9,19H,10H2. The number of aliphatic hydroxyl groups is 1. The van der Waals surface area contributed by atoms with E-state index in [-0.39, 0.29) is 6.61 Å². The third-order valence-electron chi connectivity index (χ3n) is 3.02. The van der Waals surface area contributed by atoms with Crippen molar-refractivity contribution in [3.63, 3.8) is 0 Å². The molecule has 2 aromatic carbocycles. The summed E-state index contributed by atoms with van der Waals surface area (Å²) in [5, 5.41) is 11.2. The van der Waals surface area contributed by atoms with Crippen LogP contribution in [0.4, 0.5) is 0 Å². The fourth-order valence-electron chi connectivity index (χ4n) is 2.07. The van der Waals surface area contributed by atoms with Gasteiger partial charge in [0.1, 0.15) is 5.75 Å². The van der Waals surface area contributed by atoms with Gasteiger partial charge in [0, 0.05) is 20.7 Å². The maximum atomic E-state index is 9.37. The van der Waals surface area contributed by atoms with Gasteiger partial charge in [-0.3, -0.25) is 0 Å². The maximum absolute atomic E-state index is 9.37. The second-order valence-corrected chi connectivity index (χ2v) is 5.60. The highest BCUT2D eigenvalue weighted by Crippen LogP contribution is 2.30. The van der Waals surface area contributed by atoms with Crippen LogP contribution in [0.25, 0.3) is 10.8 Å². The number of aliphatic hydroxyl groups excluding tert-OH is 1. The summed E-state index contributed by atoms with van der Waals surface area (Å²) in [6.07, 6.45) is 1.66. The van der Waals surface area contributed by atoms with Crippen LogP contribution in [0.3, 0.4) is 0 Å². The fraction of sp³-hybridized carbons (Fsp3) is 0.0625. The number of rotatable bonds is 3. The van der Waals surface area contributed by atoms with Crippen LogP contribution in [0.5, 0.6) is 11.6 Å². The molecule has 0 fully saturated rings. The Morgan fingerprint density at radius 2 is 1.85 bits per heavy atom. The summed E-state index contributed by atoms with van der Waals surface area (Å²) < 4.78 is 6.98. The normalized spacial score (nSPS) is 10.7. The molecule has 0 saturated heterocycles. The Hall–Kier alpha value is -1.66. The van der Waals surface area contributed by atoms with Crippen LogP contribution in [0.2, 0.25) is 0 Å². The van der Waals surface area contributed by atoms with Gasteiger partial charge in [-0.15, -0.1) is 0 Å². The molecule has 3 nitrogen and oxygen atoms in total. The molecule has 1 aromatic heterocycles. The molecular formula is C16H12INO2. The van der Waals surface area contributed by atoms with Gasteiger partial charge < -0.3 is 9.84 Å². The minimum Gasteiger partial charge on any atom is -0.438 e. The van der Waals surface area contributed by atoms with E-state index in [0.717, 1.165) is 25.7 Å². The molecule has 20 heavy (non-hydrogen) atoms. The number of ether oxygens (including phenoxy) is 1. The Morgan fingerprint density at radius 3 is 2.60 bits per heavy atom. The number of halogens is 1. The zero-order chi connectivity index (χ0) is 13.9. The molecule has 0 radical (unpaired) electrons. The largest absolute Gasteiger partial charge is 0.438 e. The molecule has 1 heterocycles. The molecule has 0 unspecified atom stereocenters. The van der Waals surface area contributed by atoms with Gasteiger partial charge in [-0.1, -0.05) is 24.3 Å². The van der Waals surface area contributed by atoms with E-state index in [0.29, 0.717) is 5.88 Å². The van der Waals surface area contributed by atoms with Gasteiger partial charge in [0.05, 0.1) is 6.61 Å². The second kappa shape index (κ2) is 5.76. The first kappa shape index (κ1) is 13.3. The third-order valence-corrected chi connectivity index (χ3v) is 3.69. The molecule has 3 aromatic rings. The molecule has 0 aliphatic heterocycles. The summed E-state index contributed by atoms with van der Waals surface area (Å²) in [5.74, 6) is 1.31. The van der Waals surface area contributed by atoms with Crippen molar-refractivity contribution in [2.75, 3.05) is 0 Å². The van der Waals surface area contributed by atoms with Crippen molar-refractivity contribution in [2.24, 2.45) is 0 Å². The van der Waals surface area contributed by atoms with Crippen LogP contribution in [-0.2, 0) is 6.61 Å². The van der Waals surface area contributed by atoms with Gasteiger partial charge in [0.2, 0.25) is 5.88 Å². The molecular weight excluding hydrogens is 365 g/mol. The lowest BCUT2D eigenvalue weighted by molar-refractivity contribution is 0.283. The first-order valence-corrected chi connectivity index (χ1v) is 7.26. The zero-order valence-corrected chi connectivity index (χ0v) is 12.7. The SMILES string of the molecule is OCc1cnc(Oc2cccc(I)c2)c2ccccc12. The Bertz CT molecular complexity index is 758. The van der Waals surface area contributed by atoms with E-state index in [1.807, 2.05) is 48.5 Å². The van der Waals surface area contributed by atoms with Crippen LogP contribution in [0.1, 0.15) is 5.56 Å². The Kier molecular flexibility index (Phi) is 3.84. The number of pyridine rings is 1. The lowest BCUT2D eigenvalue weighted by atomic mass is 10.1. The molecule has 0 spiro atoms. The minimum atomic E-state index is -0.0307. The van der Waals surface area contributed by atoms with Gasteiger partial charge in [0.15, 0.2) is 0 Å². The van der Waals surface area contributed by atoms with Crippen molar-refractivity contribution in [3.8, 4) is 11.6 Å². The first-order chi connectivity index (χ1) is 9.78. The summed E-state index contributed by atoms with van der Waals surface area (Å²) in [6.45, 7) is -0.0307. The van der Waals surface area contributed by atoms with Gasteiger partial charge in [0.25, 0.3) is 0 Å². The van der Waals surface area contributed by atoms with E-state index >= 15 is 0 Å². The van der Waals surface area contributed by atoms with E-state index in [2.05, 4.69) is 27.6 Å². The molecule has 0 saturated carbocycles. The van der Waals surface area contributed by atoms with Crippen molar-refractivity contribution >= 4 is 33.4 Å². The second-order valence-electron chi connectivity index (χ2n) is 4.35. The van der Waals surface area contributed by atoms with Crippen LogP contribution >= 0.6 is 22.6 Å². The van der Waals surface area contributed by atoms with Crippen molar-refractivity contribution in [1.82, 2.24) is 4.98 Å².